The van der Waals surface area contributed by atoms with Crippen LogP contribution in [-0.4, -0.2) is 43.2 Å². The first-order chi connectivity index (χ1) is 15.7. The molecule has 1 heterocycles. The van der Waals surface area contributed by atoms with Crippen molar-refractivity contribution in [2.75, 3.05) is 20.3 Å². The molecule has 1 aliphatic carbocycles. The lowest BCUT2D eigenvalue weighted by molar-refractivity contribution is -0.151. The predicted molar refractivity (Wildman–Crippen MR) is 120 cm³/mol. The molecule has 33 heavy (non-hydrogen) atoms. The van der Waals surface area contributed by atoms with Crippen molar-refractivity contribution in [1.29, 1.82) is 0 Å². The Morgan fingerprint density at radius 3 is 2.61 bits per heavy atom. The molecule has 1 aliphatic heterocycles. The summed E-state index contributed by atoms with van der Waals surface area (Å²) in [6.45, 7) is 7.86. The van der Waals surface area contributed by atoms with Crippen LogP contribution < -0.4 is 10.1 Å². The molecule has 8 heteroatoms. The van der Waals surface area contributed by atoms with Gasteiger partial charge in [0.1, 0.15) is 5.92 Å². The van der Waals surface area contributed by atoms with Crippen molar-refractivity contribution in [3.63, 3.8) is 0 Å². The fraction of sp³-hybridized carbons (Fsp3) is 0.480. The van der Waals surface area contributed by atoms with Crippen LogP contribution in [0.4, 0.5) is 0 Å². The maximum absolute atomic E-state index is 13.7. The van der Waals surface area contributed by atoms with Gasteiger partial charge in [-0.25, -0.2) is 4.79 Å². The summed E-state index contributed by atoms with van der Waals surface area (Å²) in [6.07, 6.45) is 1.10. The average Bonchev–Trinajstić information content (AvgIpc) is 2.78. The second kappa shape index (κ2) is 10.1. The van der Waals surface area contributed by atoms with Gasteiger partial charge in [0.15, 0.2) is 17.3 Å². The van der Waals surface area contributed by atoms with Gasteiger partial charge in [0.05, 0.1) is 25.9 Å². The Morgan fingerprint density at radius 2 is 1.97 bits per heavy atom. The zero-order chi connectivity index (χ0) is 24.3. The van der Waals surface area contributed by atoms with Crippen molar-refractivity contribution in [2.24, 2.45) is 11.8 Å². The SMILES string of the molecule is CCCOC(=O)C1=C(C)NC2=C(C(=O)[C@@H](C(=O)OC)[C@H](C)C2)[C@H]1c1ccc(O)c(OCC)c1. The largest absolute Gasteiger partial charge is 0.504 e. The fourth-order valence-corrected chi connectivity index (χ4v) is 4.54. The van der Waals surface area contributed by atoms with Crippen molar-refractivity contribution in [3.05, 3.63) is 46.3 Å². The number of Topliss-reactive ketones (excluding diaryl/α,β-unsaturated/α-hetero) is 1. The molecule has 2 aliphatic rings. The van der Waals surface area contributed by atoms with Gasteiger partial charge in [0.2, 0.25) is 0 Å². The van der Waals surface area contributed by atoms with Crippen molar-refractivity contribution in [3.8, 4) is 11.5 Å². The number of aromatic hydroxyl groups is 1. The first kappa shape index (κ1) is 24.4. The molecule has 178 valence electrons. The quantitative estimate of drug-likeness (QED) is 0.474. The number of esters is 2. The molecule has 3 rings (SSSR count). The molecule has 0 fully saturated rings. The monoisotopic (exact) mass is 457 g/mol. The van der Waals surface area contributed by atoms with E-state index in [0.29, 0.717) is 47.6 Å². The number of phenolic OH excluding ortho intramolecular Hbond substituents is 1. The van der Waals surface area contributed by atoms with Gasteiger partial charge in [-0.3, -0.25) is 9.59 Å². The smallest absolute Gasteiger partial charge is 0.336 e. The van der Waals surface area contributed by atoms with E-state index in [9.17, 15) is 19.5 Å². The number of hydrogen-bond donors (Lipinski definition) is 2. The van der Waals surface area contributed by atoms with Crippen LogP contribution in [0.5, 0.6) is 11.5 Å². The normalized spacial score (nSPS) is 22.5. The van der Waals surface area contributed by atoms with Gasteiger partial charge in [0.25, 0.3) is 0 Å². The van der Waals surface area contributed by atoms with Gasteiger partial charge in [-0.2, -0.15) is 0 Å². The Hall–Kier alpha value is -3.29. The number of methoxy groups -OCH3 is 1. The average molecular weight is 458 g/mol. The highest BCUT2D eigenvalue weighted by Crippen LogP contribution is 2.46. The summed E-state index contributed by atoms with van der Waals surface area (Å²) < 4.78 is 15.9. The highest BCUT2D eigenvalue weighted by molar-refractivity contribution is 6.12. The number of benzene rings is 1. The third kappa shape index (κ3) is 4.60. The van der Waals surface area contributed by atoms with E-state index >= 15 is 0 Å². The Morgan fingerprint density at radius 1 is 1.24 bits per heavy atom. The summed E-state index contributed by atoms with van der Waals surface area (Å²) in [5.41, 5.74) is 2.47. The number of dihydropyridines is 1. The van der Waals surface area contributed by atoms with E-state index < -0.39 is 23.8 Å². The topological polar surface area (TPSA) is 111 Å². The van der Waals surface area contributed by atoms with E-state index in [1.807, 2.05) is 13.8 Å². The van der Waals surface area contributed by atoms with Crippen LogP contribution in [0.3, 0.4) is 0 Å². The molecule has 3 atom stereocenters. The number of carbonyl (C=O) groups is 3. The van der Waals surface area contributed by atoms with Gasteiger partial charge in [-0.15, -0.1) is 0 Å². The summed E-state index contributed by atoms with van der Waals surface area (Å²) in [4.78, 5) is 39.3. The number of allylic oxidation sites excluding steroid dienone is 3. The van der Waals surface area contributed by atoms with Crippen LogP contribution in [0.15, 0.2) is 40.7 Å². The number of carbonyl (C=O) groups excluding carboxylic acids is 3. The van der Waals surface area contributed by atoms with E-state index in [1.165, 1.54) is 13.2 Å². The number of hydrogen-bond acceptors (Lipinski definition) is 8. The molecular weight excluding hydrogens is 426 g/mol. The van der Waals surface area contributed by atoms with Crippen LogP contribution in [0.2, 0.25) is 0 Å². The zero-order valence-electron chi connectivity index (χ0n) is 19.7. The summed E-state index contributed by atoms with van der Waals surface area (Å²) in [5, 5.41) is 13.4. The van der Waals surface area contributed by atoms with Crippen molar-refractivity contribution in [1.82, 2.24) is 5.32 Å². The van der Waals surface area contributed by atoms with E-state index in [0.717, 1.165) is 0 Å². The van der Waals surface area contributed by atoms with Gasteiger partial charge in [-0.1, -0.05) is 19.9 Å². The fourth-order valence-electron chi connectivity index (χ4n) is 4.54. The highest BCUT2D eigenvalue weighted by atomic mass is 16.5. The number of phenols is 1. The van der Waals surface area contributed by atoms with E-state index in [1.54, 1.807) is 26.0 Å². The first-order valence-electron chi connectivity index (χ1n) is 11.2. The third-order valence-corrected chi connectivity index (χ3v) is 6.02. The Balaban J connectivity index is 2.19. The molecule has 0 amide bonds. The minimum absolute atomic E-state index is 0.0458. The maximum Gasteiger partial charge on any atom is 0.336 e. The Labute approximate surface area is 193 Å². The summed E-state index contributed by atoms with van der Waals surface area (Å²) in [7, 11) is 1.26. The third-order valence-electron chi connectivity index (χ3n) is 6.02. The number of ether oxygens (including phenoxy) is 3. The van der Waals surface area contributed by atoms with Crippen LogP contribution >= 0.6 is 0 Å². The van der Waals surface area contributed by atoms with Crippen LogP contribution in [0, 0.1) is 11.8 Å². The van der Waals surface area contributed by atoms with E-state index in [2.05, 4.69) is 5.32 Å². The second-order valence-electron chi connectivity index (χ2n) is 8.33. The van der Waals surface area contributed by atoms with Crippen molar-refractivity contribution < 1.29 is 33.7 Å². The second-order valence-corrected chi connectivity index (χ2v) is 8.33. The highest BCUT2D eigenvalue weighted by Gasteiger charge is 2.47. The molecule has 1 aromatic carbocycles. The lowest BCUT2D eigenvalue weighted by Crippen LogP contribution is -2.43. The molecule has 0 saturated heterocycles. The van der Waals surface area contributed by atoms with Crippen LogP contribution in [0.25, 0.3) is 0 Å². The molecule has 2 N–H and O–H groups in total. The van der Waals surface area contributed by atoms with Gasteiger partial charge in [0, 0.05) is 22.9 Å². The standard InChI is InChI=1S/C25H31NO7/c1-6-10-33-25(30)20-14(4)26-16-11-13(3)19(24(29)31-5)23(28)22(16)21(20)15-8-9-17(27)18(12-15)32-7-2/h8-9,12-13,19,21,26-27H,6-7,10-11H2,1-5H3/t13-,19+,21+/m1/s1. The summed E-state index contributed by atoms with van der Waals surface area (Å²) >= 11 is 0. The van der Waals surface area contributed by atoms with Crippen molar-refractivity contribution >= 4 is 17.7 Å². The first-order valence-corrected chi connectivity index (χ1v) is 11.2. The van der Waals surface area contributed by atoms with Crippen LogP contribution in [-0.2, 0) is 23.9 Å². The molecule has 1 aromatic rings. The number of nitrogens with one attached hydrogen (secondary N) is 1. The minimum Gasteiger partial charge on any atom is -0.504 e. The molecule has 0 aromatic heterocycles. The predicted octanol–water partition coefficient (Wildman–Crippen LogP) is 3.36. The lowest BCUT2D eigenvalue weighted by Gasteiger charge is -2.38. The maximum atomic E-state index is 13.7. The zero-order valence-corrected chi connectivity index (χ0v) is 19.7. The molecule has 0 bridgehead atoms. The van der Waals surface area contributed by atoms with Gasteiger partial charge >= 0.3 is 11.9 Å². The molecule has 8 nitrogen and oxygen atoms in total. The van der Waals surface area contributed by atoms with E-state index in [-0.39, 0.29) is 29.8 Å². The summed E-state index contributed by atoms with van der Waals surface area (Å²) in [5.74, 6) is -3.33. The van der Waals surface area contributed by atoms with Crippen molar-refractivity contribution in [2.45, 2.75) is 46.5 Å². The number of ketones is 1. The van der Waals surface area contributed by atoms with Gasteiger partial charge < -0.3 is 24.6 Å². The molecule has 0 saturated carbocycles. The van der Waals surface area contributed by atoms with Crippen LogP contribution in [0.1, 0.15) is 52.0 Å². The molecule has 0 radical (unpaired) electrons. The minimum atomic E-state index is -0.965. The summed E-state index contributed by atoms with van der Waals surface area (Å²) in [6, 6.07) is 4.75. The molecular formula is C25H31NO7. The molecule has 0 unspecified atom stereocenters. The molecule has 0 spiro atoms. The number of rotatable bonds is 7. The Kier molecular flexibility index (Phi) is 7.46. The lowest BCUT2D eigenvalue weighted by atomic mass is 9.69. The van der Waals surface area contributed by atoms with Gasteiger partial charge in [-0.05, 0) is 50.3 Å². The van der Waals surface area contributed by atoms with E-state index in [4.69, 9.17) is 14.2 Å². The Bertz CT molecular complexity index is 1020.